The lowest BCUT2D eigenvalue weighted by Gasteiger charge is -1.84. The summed E-state index contributed by atoms with van der Waals surface area (Å²) in [4.78, 5) is 13.5. The Hall–Kier alpha value is -1.39. The van der Waals surface area contributed by atoms with Crippen LogP contribution in [0.4, 0.5) is 11.6 Å². The molecular formula is C4ClN5O3S2. The molecule has 2 aromatic rings. The average Bonchev–Trinajstić information content (AvgIpc) is 2.77. The zero-order valence-corrected chi connectivity index (χ0v) is 9.04. The van der Waals surface area contributed by atoms with Crippen LogP contribution in [0.25, 0.3) is 0 Å². The van der Waals surface area contributed by atoms with Crippen LogP contribution in [0.3, 0.4) is 0 Å². The second-order valence-electron chi connectivity index (χ2n) is 2.13. The van der Waals surface area contributed by atoms with Gasteiger partial charge in [0, 0.05) is 15.7 Å². The SMILES string of the molecule is O=[N+]([O-])c1nonc1N=c1ssnc1Cl. The Balaban J connectivity index is 2.53. The number of hydrogen-bond donors (Lipinski definition) is 0. The van der Waals surface area contributed by atoms with E-state index in [1.54, 1.807) is 0 Å². The number of nitro groups is 1. The Morgan fingerprint density at radius 2 is 2.33 bits per heavy atom. The maximum atomic E-state index is 10.4. The van der Waals surface area contributed by atoms with Crippen molar-refractivity contribution >= 4 is 44.1 Å². The molecule has 0 unspecified atom stereocenters. The summed E-state index contributed by atoms with van der Waals surface area (Å²) in [6.07, 6.45) is 0. The van der Waals surface area contributed by atoms with E-state index in [1.165, 1.54) is 10.3 Å². The van der Waals surface area contributed by atoms with E-state index in [0.717, 1.165) is 10.5 Å². The smallest absolute Gasteiger partial charge is 0.358 e. The van der Waals surface area contributed by atoms with Gasteiger partial charge in [-0.1, -0.05) is 11.6 Å². The van der Waals surface area contributed by atoms with Gasteiger partial charge in [-0.3, -0.25) is 0 Å². The molecule has 0 amide bonds. The second-order valence-corrected chi connectivity index (χ2v) is 4.32. The van der Waals surface area contributed by atoms with Crippen LogP contribution in [-0.2, 0) is 0 Å². The van der Waals surface area contributed by atoms with Crippen LogP contribution < -0.4 is 4.67 Å². The van der Waals surface area contributed by atoms with Crippen LogP contribution in [0.1, 0.15) is 0 Å². The maximum Gasteiger partial charge on any atom is 0.461 e. The number of aromatic nitrogens is 3. The highest BCUT2D eigenvalue weighted by Crippen LogP contribution is 2.21. The highest BCUT2D eigenvalue weighted by atomic mass is 35.5. The van der Waals surface area contributed by atoms with Gasteiger partial charge in [-0.2, -0.15) is 4.37 Å². The van der Waals surface area contributed by atoms with E-state index in [1.807, 2.05) is 0 Å². The lowest BCUT2D eigenvalue weighted by atomic mass is 10.6. The fourth-order valence-electron chi connectivity index (χ4n) is 0.686. The topological polar surface area (TPSA) is 107 Å². The zero-order chi connectivity index (χ0) is 10.8. The monoisotopic (exact) mass is 265 g/mol. The molecule has 2 rings (SSSR count). The number of halogens is 1. The number of nitrogens with zero attached hydrogens (tertiary/aromatic N) is 5. The van der Waals surface area contributed by atoms with Crippen LogP contribution in [0.15, 0.2) is 9.62 Å². The summed E-state index contributed by atoms with van der Waals surface area (Å²) >= 11 is 5.66. The van der Waals surface area contributed by atoms with Crippen molar-refractivity contribution in [1.82, 2.24) is 14.7 Å². The third-order valence-corrected chi connectivity index (χ3v) is 3.42. The molecule has 0 radical (unpaired) electrons. The van der Waals surface area contributed by atoms with Crippen LogP contribution in [-0.4, -0.2) is 19.6 Å². The zero-order valence-electron chi connectivity index (χ0n) is 6.66. The molecule has 0 N–H and O–H groups in total. The van der Waals surface area contributed by atoms with Gasteiger partial charge in [0.1, 0.15) is 0 Å². The lowest BCUT2D eigenvalue weighted by Crippen LogP contribution is -1.94. The van der Waals surface area contributed by atoms with Crippen LogP contribution in [0.2, 0.25) is 5.15 Å². The molecule has 0 saturated carbocycles. The van der Waals surface area contributed by atoms with Crippen molar-refractivity contribution in [2.24, 2.45) is 4.99 Å². The van der Waals surface area contributed by atoms with Crippen LogP contribution in [0.5, 0.6) is 0 Å². The highest BCUT2D eigenvalue weighted by Gasteiger charge is 2.21. The summed E-state index contributed by atoms with van der Waals surface area (Å²) in [7, 11) is 2.29. The Morgan fingerprint density at radius 1 is 1.53 bits per heavy atom. The molecule has 0 atom stereocenters. The summed E-state index contributed by atoms with van der Waals surface area (Å²) < 4.78 is 8.29. The normalized spacial score (nSPS) is 11.9. The minimum Gasteiger partial charge on any atom is -0.358 e. The Kier molecular flexibility index (Phi) is 2.70. The van der Waals surface area contributed by atoms with Gasteiger partial charge >= 0.3 is 11.6 Å². The molecule has 0 aliphatic heterocycles. The Labute approximate surface area is 93.5 Å². The van der Waals surface area contributed by atoms with Gasteiger partial charge in [-0.15, -0.1) is 4.63 Å². The van der Waals surface area contributed by atoms with Gasteiger partial charge in [0.15, 0.2) is 15.0 Å². The van der Waals surface area contributed by atoms with Gasteiger partial charge in [0.25, 0.3) is 0 Å². The summed E-state index contributed by atoms with van der Waals surface area (Å²) in [6.45, 7) is 0. The quantitative estimate of drug-likeness (QED) is 0.461. The molecule has 11 heteroatoms. The molecule has 0 aromatic carbocycles. The molecule has 2 aromatic heterocycles. The summed E-state index contributed by atoms with van der Waals surface area (Å²) in [6, 6.07) is 0. The fourth-order valence-corrected chi connectivity index (χ4v) is 2.66. The first kappa shape index (κ1) is 10.1. The largest absolute Gasteiger partial charge is 0.461 e. The summed E-state index contributed by atoms with van der Waals surface area (Å²) in [5, 5.41) is 17.0. The number of rotatable bonds is 2. The van der Waals surface area contributed by atoms with Gasteiger partial charge in [0.2, 0.25) is 0 Å². The van der Waals surface area contributed by atoms with Crippen molar-refractivity contribution in [3.63, 3.8) is 0 Å². The van der Waals surface area contributed by atoms with Crippen molar-refractivity contribution in [2.45, 2.75) is 0 Å². The third-order valence-electron chi connectivity index (χ3n) is 1.25. The van der Waals surface area contributed by atoms with E-state index in [0.29, 0.717) is 4.67 Å². The minimum absolute atomic E-state index is 0.169. The van der Waals surface area contributed by atoms with Crippen molar-refractivity contribution in [3.05, 3.63) is 19.9 Å². The van der Waals surface area contributed by atoms with Gasteiger partial charge in [0.05, 0.1) is 0 Å². The summed E-state index contributed by atoms with van der Waals surface area (Å²) in [5.74, 6) is -0.775. The summed E-state index contributed by atoms with van der Waals surface area (Å²) in [5.41, 5.74) is 0. The number of hydrogen-bond acceptors (Lipinski definition) is 9. The van der Waals surface area contributed by atoms with Crippen molar-refractivity contribution in [2.75, 3.05) is 0 Å². The van der Waals surface area contributed by atoms with E-state index < -0.39 is 10.7 Å². The highest BCUT2D eigenvalue weighted by molar-refractivity contribution is 7.66. The standard InChI is InChI=1S/C4ClN5O3S2/c5-1-4(14-15-9-1)6-2-3(10(11)12)8-13-7-2. The molecule has 0 saturated heterocycles. The molecule has 0 aliphatic carbocycles. The molecule has 15 heavy (non-hydrogen) atoms. The van der Waals surface area contributed by atoms with Gasteiger partial charge in [-0.05, 0) is 15.3 Å². The molecule has 78 valence electrons. The minimum atomic E-state index is -0.742. The first-order valence-electron chi connectivity index (χ1n) is 3.31. The molecule has 0 bridgehead atoms. The van der Waals surface area contributed by atoms with E-state index in [2.05, 4.69) is 24.3 Å². The van der Waals surface area contributed by atoms with E-state index in [4.69, 9.17) is 11.6 Å². The van der Waals surface area contributed by atoms with Gasteiger partial charge in [-0.25, -0.2) is 4.99 Å². The lowest BCUT2D eigenvalue weighted by molar-refractivity contribution is -0.390. The van der Waals surface area contributed by atoms with E-state index in [-0.39, 0.29) is 11.0 Å². The third kappa shape index (κ3) is 2.00. The van der Waals surface area contributed by atoms with E-state index >= 15 is 0 Å². The second kappa shape index (κ2) is 4.00. The Morgan fingerprint density at radius 3 is 2.93 bits per heavy atom. The van der Waals surface area contributed by atoms with Gasteiger partial charge < -0.3 is 10.1 Å². The molecule has 0 spiro atoms. The molecule has 8 nitrogen and oxygen atoms in total. The molecule has 0 aliphatic rings. The molecular weight excluding hydrogens is 266 g/mol. The van der Waals surface area contributed by atoms with Crippen molar-refractivity contribution < 1.29 is 9.55 Å². The molecule has 0 fully saturated rings. The first-order valence-corrected chi connectivity index (χ1v) is 5.80. The fraction of sp³-hybridized carbons (Fsp3) is 0. The van der Waals surface area contributed by atoms with Crippen molar-refractivity contribution in [3.8, 4) is 0 Å². The predicted molar refractivity (Wildman–Crippen MR) is 51.2 cm³/mol. The average molecular weight is 266 g/mol. The Bertz CT molecular complexity index is 558. The van der Waals surface area contributed by atoms with Crippen LogP contribution in [0, 0.1) is 10.1 Å². The van der Waals surface area contributed by atoms with Crippen LogP contribution >= 0.6 is 32.5 Å². The first-order chi connectivity index (χ1) is 7.18. The molecule has 2 heterocycles. The maximum absolute atomic E-state index is 10.4. The van der Waals surface area contributed by atoms with Crippen molar-refractivity contribution in [1.29, 1.82) is 0 Å². The predicted octanol–water partition coefficient (Wildman–Crippen LogP) is 1.38. The van der Waals surface area contributed by atoms with E-state index in [9.17, 15) is 10.1 Å².